The minimum Gasteiger partial charge on any atom is -0.0838 e. The largest absolute Gasteiger partial charge is 0.0838 e. The van der Waals surface area contributed by atoms with Crippen LogP contribution in [0.25, 0.3) is 0 Å². The first-order valence-electron chi connectivity index (χ1n) is 10.8. The minimum absolute atomic E-state index is 0.565. The van der Waals surface area contributed by atoms with E-state index in [4.69, 9.17) is 0 Å². The van der Waals surface area contributed by atoms with Crippen LogP contribution in [0.1, 0.15) is 66.7 Å². The highest BCUT2D eigenvalue weighted by molar-refractivity contribution is 5.57. The average Bonchev–Trinajstić information content (AvgIpc) is 3.06. The van der Waals surface area contributed by atoms with Crippen molar-refractivity contribution in [1.82, 2.24) is 0 Å². The van der Waals surface area contributed by atoms with Gasteiger partial charge in [-0.25, -0.2) is 0 Å². The predicted octanol–water partition coefficient (Wildman–Crippen LogP) is 6.24. The fraction of sp³-hybridized carbons (Fsp3) is 0.833. The van der Waals surface area contributed by atoms with Crippen LogP contribution in [0.2, 0.25) is 0 Å². The van der Waals surface area contributed by atoms with Crippen molar-refractivity contribution in [3.63, 3.8) is 0 Å². The second kappa shape index (κ2) is 3.91. The molecular formula is C24H34. The van der Waals surface area contributed by atoms with Crippen molar-refractivity contribution in [1.29, 1.82) is 0 Å². The molecule has 0 heterocycles. The fourth-order valence-corrected chi connectivity index (χ4v) is 9.38. The van der Waals surface area contributed by atoms with Crippen molar-refractivity contribution < 1.29 is 0 Å². The van der Waals surface area contributed by atoms with E-state index in [1.165, 1.54) is 25.7 Å². The smallest absolute Gasteiger partial charge is 0.00498 e. The zero-order chi connectivity index (χ0) is 16.6. The number of hydrogen-bond acceptors (Lipinski definition) is 0. The Morgan fingerprint density at radius 1 is 1.08 bits per heavy atom. The molecule has 9 atom stereocenters. The summed E-state index contributed by atoms with van der Waals surface area (Å²) >= 11 is 0. The summed E-state index contributed by atoms with van der Waals surface area (Å²) < 4.78 is 0. The van der Waals surface area contributed by atoms with Crippen LogP contribution in [0.4, 0.5) is 0 Å². The lowest BCUT2D eigenvalue weighted by Crippen LogP contribution is -2.66. The summed E-state index contributed by atoms with van der Waals surface area (Å²) in [7, 11) is 0. The van der Waals surface area contributed by atoms with Crippen molar-refractivity contribution in [3.8, 4) is 0 Å². The van der Waals surface area contributed by atoms with Crippen LogP contribution in [0, 0.1) is 57.7 Å². The molecule has 0 aromatic carbocycles. The summed E-state index contributed by atoms with van der Waals surface area (Å²) in [6.07, 6.45) is 13.0. The summed E-state index contributed by atoms with van der Waals surface area (Å²) in [6.45, 7) is 12.7. The molecule has 0 saturated heterocycles. The molecule has 9 unspecified atom stereocenters. The standard InChI is InChI=1S/C24H34/c1-13(2)19-20-17-12-23-9-8-16-15(4)14(3)6-7-18(16)22(23,5)10-11-24(19,20)21(17)23/h8,12-15,18-21H,6-7,9-11H2,1-5H3. The van der Waals surface area contributed by atoms with Gasteiger partial charge in [-0.2, -0.15) is 0 Å². The van der Waals surface area contributed by atoms with Gasteiger partial charge in [0.25, 0.3) is 0 Å². The van der Waals surface area contributed by atoms with Gasteiger partial charge in [0.2, 0.25) is 0 Å². The van der Waals surface area contributed by atoms with Gasteiger partial charge in [-0.1, -0.05) is 57.9 Å². The molecule has 0 aromatic rings. The highest BCUT2D eigenvalue weighted by atomic mass is 14.9. The molecule has 0 heteroatoms. The van der Waals surface area contributed by atoms with E-state index in [2.05, 4.69) is 46.8 Å². The lowest BCUT2D eigenvalue weighted by molar-refractivity contribution is -0.139. The molecule has 130 valence electrons. The quantitative estimate of drug-likeness (QED) is 0.501. The maximum absolute atomic E-state index is 2.85. The summed E-state index contributed by atoms with van der Waals surface area (Å²) in [4.78, 5) is 0. The van der Waals surface area contributed by atoms with Gasteiger partial charge in [0.15, 0.2) is 0 Å². The van der Waals surface area contributed by atoms with Crippen LogP contribution < -0.4 is 0 Å². The molecule has 0 amide bonds. The van der Waals surface area contributed by atoms with E-state index in [1.54, 1.807) is 6.42 Å². The highest BCUT2D eigenvalue weighted by Gasteiger charge is 2.88. The molecule has 0 N–H and O–H groups in total. The van der Waals surface area contributed by atoms with Gasteiger partial charge in [-0.3, -0.25) is 0 Å². The molecule has 2 spiro atoms. The van der Waals surface area contributed by atoms with Gasteiger partial charge in [0.05, 0.1) is 0 Å². The topological polar surface area (TPSA) is 0 Å². The number of fused-ring (bicyclic) bond motifs is 3. The van der Waals surface area contributed by atoms with E-state index >= 15 is 0 Å². The molecule has 0 nitrogen and oxygen atoms in total. The maximum atomic E-state index is 2.85. The number of hydrogen-bond donors (Lipinski definition) is 0. The first-order valence-corrected chi connectivity index (χ1v) is 10.8. The second-order valence-electron chi connectivity index (χ2n) is 11.2. The van der Waals surface area contributed by atoms with Gasteiger partial charge in [-0.15, -0.1) is 0 Å². The molecule has 6 aliphatic carbocycles. The zero-order valence-electron chi connectivity index (χ0n) is 16.2. The third-order valence-corrected chi connectivity index (χ3v) is 10.6. The van der Waals surface area contributed by atoms with E-state index < -0.39 is 0 Å². The fourth-order valence-electron chi connectivity index (χ4n) is 9.38. The average molecular weight is 323 g/mol. The van der Waals surface area contributed by atoms with E-state index in [0.29, 0.717) is 10.8 Å². The molecule has 0 radical (unpaired) electrons. The monoisotopic (exact) mass is 322 g/mol. The Morgan fingerprint density at radius 3 is 2.62 bits per heavy atom. The highest BCUT2D eigenvalue weighted by Crippen LogP contribution is 2.94. The summed E-state index contributed by atoms with van der Waals surface area (Å²) in [5.74, 6) is 6.57. The van der Waals surface area contributed by atoms with E-state index in [-0.39, 0.29) is 0 Å². The van der Waals surface area contributed by atoms with Crippen molar-refractivity contribution >= 4 is 0 Å². The number of rotatable bonds is 1. The summed E-state index contributed by atoms with van der Waals surface area (Å²) in [5, 5.41) is 0. The van der Waals surface area contributed by atoms with Crippen LogP contribution >= 0.6 is 0 Å². The van der Waals surface area contributed by atoms with Crippen molar-refractivity contribution in [2.45, 2.75) is 66.7 Å². The van der Waals surface area contributed by atoms with E-state index in [0.717, 1.165) is 46.8 Å². The van der Waals surface area contributed by atoms with Crippen LogP contribution in [-0.4, -0.2) is 0 Å². The lowest BCUT2D eigenvalue weighted by Gasteiger charge is -2.73. The van der Waals surface area contributed by atoms with Gasteiger partial charge in [0.1, 0.15) is 0 Å². The maximum Gasteiger partial charge on any atom is 0.00498 e. The zero-order valence-corrected chi connectivity index (χ0v) is 16.2. The van der Waals surface area contributed by atoms with Gasteiger partial charge < -0.3 is 0 Å². The molecule has 4 saturated carbocycles. The number of allylic oxidation sites excluding steroid dienone is 4. The Balaban J connectivity index is 1.44. The first kappa shape index (κ1) is 14.6. The summed E-state index contributed by atoms with van der Waals surface area (Å²) in [5.41, 5.74) is 5.70. The van der Waals surface area contributed by atoms with Gasteiger partial charge in [0, 0.05) is 5.41 Å². The van der Waals surface area contributed by atoms with Crippen LogP contribution in [-0.2, 0) is 0 Å². The van der Waals surface area contributed by atoms with Crippen molar-refractivity contribution in [2.24, 2.45) is 57.7 Å². The third kappa shape index (κ3) is 1.18. The van der Waals surface area contributed by atoms with E-state index in [9.17, 15) is 0 Å². The molecule has 24 heavy (non-hydrogen) atoms. The van der Waals surface area contributed by atoms with Crippen LogP contribution in [0.15, 0.2) is 23.3 Å². The molecule has 6 rings (SSSR count). The molecule has 0 bridgehead atoms. The predicted molar refractivity (Wildman–Crippen MR) is 99.4 cm³/mol. The molecule has 0 aliphatic heterocycles. The lowest BCUT2D eigenvalue weighted by atomic mass is 9.31. The van der Waals surface area contributed by atoms with Crippen LogP contribution in [0.5, 0.6) is 0 Å². The normalized spacial score (nSPS) is 62.1. The van der Waals surface area contributed by atoms with Crippen molar-refractivity contribution in [2.75, 3.05) is 0 Å². The SMILES string of the molecule is CC(C)C1C2C3=CC45CC=C6C(C)C(C)CCC6C4(C)CCC21C35. The molecule has 0 aromatic heterocycles. The molecular weight excluding hydrogens is 288 g/mol. The van der Waals surface area contributed by atoms with Gasteiger partial charge >= 0.3 is 0 Å². The molecule has 4 fully saturated rings. The second-order valence-corrected chi connectivity index (χ2v) is 11.2. The minimum atomic E-state index is 0.565. The van der Waals surface area contributed by atoms with Crippen molar-refractivity contribution in [3.05, 3.63) is 23.3 Å². The summed E-state index contributed by atoms with van der Waals surface area (Å²) in [6, 6.07) is 0. The Hall–Kier alpha value is -0.520. The van der Waals surface area contributed by atoms with Gasteiger partial charge in [-0.05, 0) is 84.4 Å². The Kier molecular flexibility index (Phi) is 2.39. The van der Waals surface area contributed by atoms with Crippen LogP contribution in [0.3, 0.4) is 0 Å². The third-order valence-electron chi connectivity index (χ3n) is 10.6. The Labute approximate surface area is 148 Å². The first-order chi connectivity index (χ1) is 11.4. The van der Waals surface area contributed by atoms with E-state index in [1.807, 2.05) is 11.1 Å². The Bertz CT molecular complexity index is 695. The Morgan fingerprint density at radius 2 is 1.88 bits per heavy atom. The molecule has 6 aliphatic rings.